The fraction of sp³-hybridized carbons (Fsp3) is 0.200. The Morgan fingerprint density at radius 3 is 2.43 bits per heavy atom. The number of halogens is 4. The second-order valence-electron chi connectivity index (χ2n) is 2.75. The molecule has 14 heavy (non-hydrogen) atoms. The number of hydrogen-bond acceptors (Lipinski definition) is 0. The normalized spacial score (nSPS) is 10.6. The lowest BCUT2D eigenvalue weighted by molar-refractivity contribution is 1.08. The fourth-order valence-corrected chi connectivity index (χ4v) is 2.07. The summed E-state index contributed by atoms with van der Waals surface area (Å²) >= 11 is 23.2. The highest BCUT2D eigenvalue weighted by Crippen LogP contribution is 2.28. The molecule has 0 aliphatic rings. The van der Waals surface area contributed by atoms with Crippen molar-refractivity contribution >= 4 is 52.5 Å². The molecule has 0 unspecified atom stereocenters. The van der Waals surface area contributed by atoms with E-state index in [0.717, 1.165) is 11.1 Å². The SMILES string of the molecule is C=Cc1cc(Cl)cc(Cl)c1CC(Cl)Cl. The molecule has 1 rings (SSSR count). The maximum atomic E-state index is 6.01. The van der Waals surface area contributed by atoms with Crippen LogP contribution in [0.25, 0.3) is 6.08 Å². The average molecular weight is 270 g/mol. The van der Waals surface area contributed by atoms with Gasteiger partial charge in [-0.05, 0) is 23.3 Å². The highest BCUT2D eigenvalue weighted by Gasteiger charge is 2.10. The largest absolute Gasteiger partial charge is 0.111 e. The van der Waals surface area contributed by atoms with Crippen LogP contribution >= 0.6 is 46.4 Å². The molecule has 0 N–H and O–H groups in total. The molecule has 0 saturated carbocycles. The van der Waals surface area contributed by atoms with E-state index < -0.39 is 4.84 Å². The molecular formula is C10H8Cl4. The molecule has 4 heteroatoms. The van der Waals surface area contributed by atoms with Crippen molar-refractivity contribution in [3.63, 3.8) is 0 Å². The van der Waals surface area contributed by atoms with Crippen molar-refractivity contribution in [2.24, 2.45) is 0 Å². The molecular weight excluding hydrogens is 262 g/mol. The molecule has 76 valence electrons. The van der Waals surface area contributed by atoms with Crippen LogP contribution in [-0.4, -0.2) is 4.84 Å². The van der Waals surface area contributed by atoms with Gasteiger partial charge in [-0.1, -0.05) is 35.9 Å². The van der Waals surface area contributed by atoms with E-state index in [0.29, 0.717) is 16.5 Å². The number of hydrogen-bond donors (Lipinski definition) is 0. The van der Waals surface area contributed by atoms with Crippen LogP contribution in [0.2, 0.25) is 10.0 Å². The van der Waals surface area contributed by atoms with Crippen molar-refractivity contribution in [1.82, 2.24) is 0 Å². The standard InChI is InChI=1S/C10H8Cl4/c1-2-6-3-7(11)4-9(12)8(6)5-10(13)14/h2-4,10H,1,5H2. The Labute approximate surface area is 103 Å². The Kier molecular flexibility index (Phi) is 4.59. The lowest BCUT2D eigenvalue weighted by Crippen LogP contribution is -1.98. The first kappa shape index (κ1) is 12.2. The van der Waals surface area contributed by atoms with Gasteiger partial charge in [-0.15, -0.1) is 23.2 Å². The van der Waals surface area contributed by atoms with Gasteiger partial charge >= 0.3 is 0 Å². The second-order valence-corrected chi connectivity index (χ2v) is 4.88. The smallest absolute Gasteiger partial charge is 0.105 e. The Bertz CT molecular complexity index is 344. The van der Waals surface area contributed by atoms with E-state index in [2.05, 4.69) is 6.58 Å². The van der Waals surface area contributed by atoms with Crippen molar-refractivity contribution in [1.29, 1.82) is 0 Å². The lowest BCUT2D eigenvalue weighted by Gasteiger charge is -2.09. The molecule has 0 nitrogen and oxygen atoms in total. The third-order valence-electron chi connectivity index (χ3n) is 1.77. The minimum absolute atomic E-state index is 0.479. The van der Waals surface area contributed by atoms with Gasteiger partial charge in [0.1, 0.15) is 4.84 Å². The summed E-state index contributed by atoms with van der Waals surface area (Å²) in [5, 5.41) is 1.15. The molecule has 1 aromatic carbocycles. The molecule has 0 radical (unpaired) electrons. The molecule has 0 atom stereocenters. The van der Waals surface area contributed by atoms with Gasteiger partial charge in [0.05, 0.1) is 0 Å². The average Bonchev–Trinajstić information content (AvgIpc) is 2.08. The molecule has 0 heterocycles. The predicted octanol–water partition coefficient (Wildman–Crippen LogP) is 4.98. The van der Waals surface area contributed by atoms with Crippen molar-refractivity contribution in [2.75, 3.05) is 0 Å². The van der Waals surface area contributed by atoms with Crippen LogP contribution in [0.5, 0.6) is 0 Å². The van der Waals surface area contributed by atoms with E-state index in [9.17, 15) is 0 Å². The maximum Gasteiger partial charge on any atom is 0.111 e. The van der Waals surface area contributed by atoms with Crippen molar-refractivity contribution < 1.29 is 0 Å². The van der Waals surface area contributed by atoms with Crippen molar-refractivity contribution in [3.8, 4) is 0 Å². The molecule has 0 aliphatic heterocycles. The molecule has 0 amide bonds. The van der Waals surface area contributed by atoms with Gasteiger partial charge in [-0.25, -0.2) is 0 Å². The Balaban J connectivity index is 3.18. The zero-order valence-corrected chi connectivity index (χ0v) is 10.3. The lowest BCUT2D eigenvalue weighted by atomic mass is 10.1. The van der Waals surface area contributed by atoms with Crippen LogP contribution in [0.3, 0.4) is 0 Å². The summed E-state index contributed by atoms with van der Waals surface area (Å²) in [6, 6.07) is 3.45. The zero-order valence-electron chi connectivity index (χ0n) is 7.24. The van der Waals surface area contributed by atoms with Crippen LogP contribution in [0, 0.1) is 0 Å². The fourth-order valence-electron chi connectivity index (χ4n) is 1.18. The summed E-state index contributed by atoms with van der Waals surface area (Å²) in [6.45, 7) is 3.68. The van der Waals surface area contributed by atoms with E-state index in [1.54, 1.807) is 18.2 Å². The first-order chi connectivity index (χ1) is 6.54. The second kappa shape index (κ2) is 5.27. The first-order valence-electron chi connectivity index (χ1n) is 3.93. The molecule has 0 spiro atoms. The van der Waals surface area contributed by atoms with Gasteiger partial charge in [0.25, 0.3) is 0 Å². The summed E-state index contributed by atoms with van der Waals surface area (Å²) in [4.78, 5) is -0.479. The summed E-state index contributed by atoms with van der Waals surface area (Å²) in [7, 11) is 0. The molecule has 0 bridgehead atoms. The van der Waals surface area contributed by atoms with E-state index in [1.165, 1.54) is 0 Å². The quantitative estimate of drug-likeness (QED) is 0.679. The van der Waals surface area contributed by atoms with Crippen molar-refractivity contribution in [3.05, 3.63) is 39.9 Å². The minimum Gasteiger partial charge on any atom is -0.105 e. The van der Waals surface area contributed by atoms with Crippen LogP contribution in [0.15, 0.2) is 18.7 Å². The van der Waals surface area contributed by atoms with Gasteiger partial charge in [0, 0.05) is 16.5 Å². The Hall–Kier alpha value is 0.120. The summed E-state index contributed by atoms with van der Waals surface area (Å²) < 4.78 is 0. The highest BCUT2D eigenvalue weighted by atomic mass is 35.5. The highest BCUT2D eigenvalue weighted by molar-refractivity contribution is 6.44. The predicted molar refractivity (Wildman–Crippen MR) is 65.8 cm³/mol. The van der Waals surface area contributed by atoms with Gasteiger partial charge in [0.15, 0.2) is 0 Å². The van der Waals surface area contributed by atoms with Gasteiger partial charge in [0.2, 0.25) is 0 Å². The van der Waals surface area contributed by atoms with Gasteiger partial charge in [-0.2, -0.15) is 0 Å². The monoisotopic (exact) mass is 268 g/mol. The minimum atomic E-state index is -0.479. The third-order valence-corrected chi connectivity index (χ3v) is 2.64. The van der Waals surface area contributed by atoms with E-state index in [1.807, 2.05) is 0 Å². The number of benzene rings is 1. The molecule has 0 aromatic heterocycles. The third kappa shape index (κ3) is 3.06. The van der Waals surface area contributed by atoms with Crippen molar-refractivity contribution in [2.45, 2.75) is 11.3 Å². The summed E-state index contributed by atoms with van der Waals surface area (Å²) in [6.07, 6.45) is 2.17. The summed E-state index contributed by atoms with van der Waals surface area (Å²) in [5.74, 6) is 0. The topological polar surface area (TPSA) is 0 Å². The zero-order chi connectivity index (χ0) is 10.7. The summed E-state index contributed by atoms with van der Waals surface area (Å²) in [5.41, 5.74) is 1.75. The Morgan fingerprint density at radius 1 is 1.29 bits per heavy atom. The molecule has 0 saturated heterocycles. The molecule has 1 aromatic rings. The molecule has 0 aliphatic carbocycles. The van der Waals surface area contributed by atoms with Crippen LogP contribution in [-0.2, 0) is 6.42 Å². The first-order valence-corrected chi connectivity index (χ1v) is 5.56. The molecule has 0 fully saturated rings. The Morgan fingerprint density at radius 2 is 1.93 bits per heavy atom. The van der Waals surface area contributed by atoms with Gasteiger partial charge in [-0.3, -0.25) is 0 Å². The number of alkyl halides is 2. The van der Waals surface area contributed by atoms with Crippen LogP contribution in [0.1, 0.15) is 11.1 Å². The van der Waals surface area contributed by atoms with E-state index >= 15 is 0 Å². The van der Waals surface area contributed by atoms with E-state index in [4.69, 9.17) is 46.4 Å². The number of rotatable bonds is 3. The maximum absolute atomic E-state index is 6.01. The van der Waals surface area contributed by atoms with Crippen LogP contribution in [0.4, 0.5) is 0 Å². The van der Waals surface area contributed by atoms with Gasteiger partial charge < -0.3 is 0 Å². The van der Waals surface area contributed by atoms with E-state index in [-0.39, 0.29) is 0 Å². The van der Waals surface area contributed by atoms with Crippen LogP contribution < -0.4 is 0 Å².